The second-order valence-electron chi connectivity index (χ2n) is 6.87. The highest BCUT2D eigenvalue weighted by molar-refractivity contribution is 6.35. The number of amides is 2. The number of imide groups is 1. The van der Waals surface area contributed by atoms with Crippen LogP contribution in [0, 0.1) is 0 Å². The van der Waals surface area contributed by atoms with Crippen LogP contribution in [-0.2, 0) is 9.59 Å². The highest BCUT2D eigenvalue weighted by Gasteiger charge is 2.41. The highest BCUT2D eigenvalue weighted by Crippen LogP contribution is 2.32. The van der Waals surface area contributed by atoms with Crippen LogP contribution in [0.1, 0.15) is 18.9 Å². The molecule has 0 N–H and O–H groups in total. The number of nitrogens with zero attached hydrogens (tertiary/aromatic N) is 5. The third kappa shape index (κ3) is 3.24. The van der Waals surface area contributed by atoms with Gasteiger partial charge in [-0.1, -0.05) is 37.3 Å². The first-order chi connectivity index (χ1) is 13.7. The summed E-state index contributed by atoms with van der Waals surface area (Å²) in [6.45, 7) is 5.09. The molecule has 0 bridgehead atoms. The van der Waals surface area contributed by atoms with E-state index in [-0.39, 0.29) is 11.8 Å². The number of hydrogen-bond donors (Lipinski definition) is 0. The maximum Gasteiger partial charge on any atom is 0.277 e. The molecule has 1 saturated heterocycles. The summed E-state index contributed by atoms with van der Waals surface area (Å²) in [5.41, 5.74) is 1.84. The quantitative estimate of drug-likeness (QED) is 0.740. The summed E-state index contributed by atoms with van der Waals surface area (Å²) >= 11 is 0. The molecule has 2 aromatic rings. The third-order valence-corrected chi connectivity index (χ3v) is 5.08. The van der Waals surface area contributed by atoms with Gasteiger partial charge in [0.25, 0.3) is 11.8 Å². The summed E-state index contributed by atoms with van der Waals surface area (Å²) in [6, 6.07) is 11.3. The van der Waals surface area contributed by atoms with Crippen molar-refractivity contribution in [3.63, 3.8) is 0 Å². The molecule has 7 heteroatoms. The van der Waals surface area contributed by atoms with Crippen LogP contribution in [0.25, 0.3) is 5.57 Å². The molecule has 7 nitrogen and oxygen atoms in total. The number of carbonyl (C=O) groups excluding carboxylic acids is 2. The van der Waals surface area contributed by atoms with E-state index in [0.29, 0.717) is 49.9 Å². The number of rotatable bonds is 5. The first-order valence-corrected chi connectivity index (χ1v) is 9.63. The Bertz CT molecular complexity index is 890. The summed E-state index contributed by atoms with van der Waals surface area (Å²) in [6.07, 6.45) is 4.20. The standard InChI is InChI=1S/C21H23N5O2/c1-2-11-26-19(27)17(16-7-4-3-5-8-16)18(20(26)28)24-12-14-25(15-13-24)21-22-9-6-10-23-21/h3-10H,2,11-15H2,1H3. The molecular formula is C21H23N5O2. The Labute approximate surface area is 164 Å². The second kappa shape index (κ2) is 7.80. The SMILES string of the molecule is CCCN1C(=O)C(c2ccccc2)=C(N2CCN(c3ncccn3)CC2)C1=O. The molecule has 0 unspecified atom stereocenters. The van der Waals surface area contributed by atoms with Crippen LogP contribution >= 0.6 is 0 Å². The maximum absolute atomic E-state index is 13.1. The topological polar surface area (TPSA) is 69.6 Å². The Morgan fingerprint density at radius 1 is 0.857 bits per heavy atom. The van der Waals surface area contributed by atoms with Crippen molar-refractivity contribution in [2.45, 2.75) is 13.3 Å². The molecule has 0 atom stereocenters. The van der Waals surface area contributed by atoms with E-state index in [1.165, 1.54) is 4.90 Å². The minimum atomic E-state index is -0.193. The van der Waals surface area contributed by atoms with E-state index >= 15 is 0 Å². The zero-order valence-electron chi connectivity index (χ0n) is 15.9. The average molecular weight is 377 g/mol. The predicted molar refractivity (Wildman–Crippen MR) is 106 cm³/mol. The van der Waals surface area contributed by atoms with E-state index in [1.54, 1.807) is 18.5 Å². The van der Waals surface area contributed by atoms with E-state index in [9.17, 15) is 9.59 Å². The van der Waals surface area contributed by atoms with Crippen molar-refractivity contribution in [3.05, 3.63) is 60.1 Å². The van der Waals surface area contributed by atoms with Crippen molar-refractivity contribution < 1.29 is 9.59 Å². The first-order valence-electron chi connectivity index (χ1n) is 9.63. The van der Waals surface area contributed by atoms with Gasteiger partial charge in [-0.2, -0.15) is 0 Å². The van der Waals surface area contributed by atoms with Gasteiger partial charge in [0.2, 0.25) is 5.95 Å². The summed E-state index contributed by atoms with van der Waals surface area (Å²) < 4.78 is 0. The monoisotopic (exact) mass is 377 g/mol. The molecule has 28 heavy (non-hydrogen) atoms. The van der Waals surface area contributed by atoms with Crippen molar-refractivity contribution >= 4 is 23.3 Å². The number of aromatic nitrogens is 2. The fraction of sp³-hybridized carbons (Fsp3) is 0.333. The lowest BCUT2D eigenvalue weighted by atomic mass is 10.0. The molecule has 2 aliphatic rings. The fourth-order valence-corrected chi connectivity index (χ4v) is 3.73. The summed E-state index contributed by atoms with van der Waals surface area (Å²) in [5.74, 6) is 0.317. The van der Waals surface area contributed by atoms with Crippen LogP contribution < -0.4 is 4.90 Å². The van der Waals surface area contributed by atoms with Crippen LogP contribution in [0.2, 0.25) is 0 Å². The van der Waals surface area contributed by atoms with Gasteiger partial charge in [-0.15, -0.1) is 0 Å². The maximum atomic E-state index is 13.1. The lowest BCUT2D eigenvalue weighted by Crippen LogP contribution is -2.48. The summed E-state index contributed by atoms with van der Waals surface area (Å²) in [7, 11) is 0. The van der Waals surface area contributed by atoms with E-state index in [0.717, 1.165) is 12.0 Å². The predicted octanol–water partition coefficient (Wildman–Crippen LogP) is 1.79. The van der Waals surface area contributed by atoms with Gasteiger partial charge in [-0.05, 0) is 18.1 Å². The van der Waals surface area contributed by atoms with Crippen molar-refractivity contribution in [2.75, 3.05) is 37.6 Å². The molecule has 1 aromatic carbocycles. The fourth-order valence-electron chi connectivity index (χ4n) is 3.73. The van der Waals surface area contributed by atoms with Crippen LogP contribution in [0.3, 0.4) is 0 Å². The molecule has 2 amide bonds. The molecular weight excluding hydrogens is 354 g/mol. The Hall–Kier alpha value is -3.22. The third-order valence-electron chi connectivity index (χ3n) is 5.08. The average Bonchev–Trinajstić information content (AvgIpc) is 3.00. The van der Waals surface area contributed by atoms with Gasteiger partial charge in [-0.25, -0.2) is 9.97 Å². The van der Waals surface area contributed by atoms with Gasteiger partial charge in [0.15, 0.2) is 0 Å². The van der Waals surface area contributed by atoms with Crippen LogP contribution in [0.5, 0.6) is 0 Å². The molecule has 1 aromatic heterocycles. The number of piperazine rings is 1. The van der Waals surface area contributed by atoms with E-state index in [2.05, 4.69) is 14.9 Å². The van der Waals surface area contributed by atoms with E-state index in [4.69, 9.17) is 0 Å². The molecule has 1 fully saturated rings. The normalized spacial score (nSPS) is 17.7. The molecule has 0 saturated carbocycles. The van der Waals surface area contributed by atoms with Gasteiger partial charge < -0.3 is 9.80 Å². The first kappa shape index (κ1) is 18.2. The molecule has 0 spiro atoms. The molecule has 0 radical (unpaired) electrons. The van der Waals surface area contributed by atoms with E-state index < -0.39 is 0 Å². The van der Waals surface area contributed by atoms with E-state index in [1.807, 2.05) is 42.2 Å². The van der Waals surface area contributed by atoms with Gasteiger partial charge in [0, 0.05) is 45.1 Å². The highest BCUT2D eigenvalue weighted by atomic mass is 16.2. The summed E-state index contributed by atoms with van der Waals surface area (Å²) in [5, 5.41) is 0. The minimum absolute atomic E-state index is 0.185. The largest absolute Gasteiger partial charge is 0.363 e. The molecule has 2 aliphatic heterocycles. The van der Waals surface area contributed by atoms with Crippen molar-refractivity contribution in [1.29, 1.82) is 0 Å². The zero-order valence-corrected chi connectivity index (χ0v) is 15.9. The Morgan fingerprint density at radius 2 is 1.50 bits per heavy atom. The van der Waals surface area contributed by atoms with Crippen molar-refractivity contribution in [3.8, 4) is 0 Å². The van der Waals surface area contributed by atoms with Crippen LogP contribution in [0.15, 0.2) is 54.5 Å². The van der Waals surface area contributed by atoms with Crippen LogP contribution in [0.4, 0.5) is 5.95 Å². The number of hydrogen-bond acceptors (Lipinski definition) is 6. The zero-order chi connectivity index (χ0) is 19.5. The van der Waals surface area contributed by atoms with Gasteiger partial charge in [-0.3, -0.25) is 14.5 Å². The van der Waals surface area contributed by atoms with Gasteiger partial charge in [0.1, 0.15) is 5.70 Å². The minimum Gasteiger partial charge on any atom is -0.363 e. The Balaban J connectivity index is 1.62. The van der Waals surface area contributed by atoms with Crippen LogP contribution in [-0.4, -0.2) is 64.3 Å². The lowest BCUT2D eigenvalue weighted by molar-refractivity contribution is -0.137. The smallest absolute Gasteiger partial charge is 0.277 e. The summed E-state index contributed by atoms with van der Waals surface area (Å²) in [4.78, 5) is 40.3. The molecule has 0 aliphatic carbocycles. The number of benzene rings is 1. The van der Waals surface area contributed by atoms with Crippen molar-refractivity contribution in [1.82, 2.24) is 19.8 Å². The van der Waals surface area contributed by atoms with Crippen molar-refractivity contribution in [2.24, 2.45) is 0 Å². The molecule has 4 rings (SSSR count). The Morgan fingerprint density at radius 3 is 2.14 bits per heavy atom. The molecule has 144 valence electrons. The van der Waals surface area contributed by atoms with Gasteiger partial charge >= 0.3 is 0 Å². The molecule has 3 heterocycles. The Kier molecular flexibility index (Phi) is 5.06. The second-order valence-corrected chi connectivity index (χ2v) is 6.87. The van der Waals surface area contributed by atoms with Gasteiger partial charge in [0.05, 0.1) is 5.57 Å². The lowest BCUT2D eigenvalue weighted by Gasteiger charge is -2.36. The number of anilines is 1. The number of carbonyl (C=O) groups is 2.